The number of para-hydroxylation sites is 1. The Morgan fingerprint density at radius 2 is 1.83 bits per heavy atom. The van der Waals surface area contributed by atoms with Crippen LogP contribution >= 0.6 is 24.0 Å². The van der Waals surface area contributed by atoms with Gasteiger partial charge in [-0.25, -0.2) is 13.4 Å². The Bertz CT molecular complexity index is 930. The van der Waals surface area contributed by atoms with Crippen LogP contribution in [0, 0.1) is 6.92 Å². The molecule has 2 N–H and O–H groups in total. The van der Waals surface area contributed by atoms with Crippen LogP contribution in [0.1, 0.15) is 23.6 Å². The quantitative estimate of drug-likeness (QED) is 0.329. The Kier molecular flexibility index (Phi) is 8.76. The molecule has 3 rings (SSSR count). The van der Waals surface area contributed by atoms with Crippen LogP contribution in [0.15, 0.2) is 53.5 Å². The normalized spacial score (nSPS) is 13.6. The lowest BCUT2D eigenvalue weighted by atomic mass is 10.1. The fourth-order valence-corrected chi connectivity index (χ4v) is 4.64. The number of hydrogen-bond donors (Lipinski definition) is 2. The number of aryl methyl sites for hydroxylation is 1. The fraction of sp³-hybridized carbons (Fsp3) is 0.381. The number of benzene rings is 2. The van der Waals surface area contributed by atoms with E-state index in [-0.39, 0.29) is 29.7 Å². The van der Waals surface area contributed by atoms with Crippen molar-refractivity contribution >= 4 is 45.6 Å². The van der Waals surface area contributed by atoms with Crippen LogP contribution in [-0.2, 0) is 23.0 Å². The van der Waals surface area contributed by atoms with Crippen molar-refractivity contribution in [2.45, 2.75) is 26.8 Å². The predicted molar refractivity (Wildman–Crippen MR) is 131 cm³/mol. The Labute approximate surface area is 190 Å². The summed E-state index contributed by atoms with van der Waals surface area (Å²) in [7, 11) is -3.37. The van der Waals surface area contributed by atoms with E-state index in [9.17, 15) is 8.42 Å². The number of sulfonamides is 1. The lowest BCUT2D eigenvalue weighted by Crippen LogP contribution is -2.42. The third-order valence-corrected chi connectivity index (χ3v) is 6.49. The van der Waals surface area contributed by atoms with Gasteiger partial charge in [0, 0.05) is 19.6 Å². The molecule has 8 heteroatoms. The molecule has 29 heavy (non-hydrogen) atoms. The minimum absolute atomic E-state index is 0. The first-order valence-electron chi connectivity index (χ1n) is 9.65. The predicted octanol–water partition coefficient (Wildman–Crippen LogP) is 3.06. The molecule has 0 atom stereocenters. The molecule has 0 radical (unpaired) electrons. The minimum atomic E-state index is -3.37. The molecule has 0 bridgehead atoms. The van der Waals surface area contributed by atoms with E-state index in [0.717, 1.165) is 23.2 Å². The number of hydrogen-bond acceptors (Lipinski definition) is 3. The highest BCUT2D eigenvalue weighted by Gasteiger charge is 2.28. The zero-order valence-electron chi connectivity index (χ0n) is 16.9. The van der Waals surface area contributed by atoms with Crippen molar-refractivity contribution in [3.05, 3.63) is 65.2 Å². The van der Waals surface area contributed by atoms with Crippen LogP contribution in [0.4, 0.5) is 5.69 Å². The molecule has 0 saturated heterocycles. The van der Waals surface area contributed by atoms with Crippen LogP contribution < -0.4 is 14.9 Å². The third-order valence-electron chi connectivity index (χ3n) is 4.72. The Balaban J connectivity index is 0.00000300. The van der Waals surface area contributed by atoms with Crippen LogP contribution in [0.5, 0.6) is 0 Å². The van der Waals surface area contributed by atoms with Gasteiger partial charge in [0.15, 0.2) is 5.96 Å². The number of rotatable bonds is 7. The average Bonchev–Trinajstić information content (AvgIpc) is 3.12. The van der Waals surface area contributed by atoms with Gasteiger partial charge >= 0.3 is 0 Å². The van der Waals surface area contributed by atoms with Crippen molar-refractivity contribution in [3.63, 3.8) is 0 Å². The van der Waals surface area contributed by atoms with Gasteiger partial charge in [0.2, 0.25) is 10.0 Å². The van der Waals surface area contributed by atoms with E-state index >= 15 is 0 Å². The number of aliphatic imine (C=N–C) groups is 1. The van der Waals surface area contributed by atoms with Crippen molar-refractivity contribution in [1.29, 1.82) is 0 Å². The molecule has 0 aliphatic carbocycles. The SMILES string of the molecule is CCNC(=NCc1ccc(C)cc1)NCCS(=O)(=O)N1CCc2ccccc21.I. The van der Waals surface area contributed by atoms with Gasteiger partial charge in [0.1, 0.15) is 0 Å². The van der Waals surface area contributed by atoms with Gasteiger partial charge in [-0.3, -0.25) is 4.31 Å². The topological polar surface area (TPSA) is 73.8 Å². The number of halogens is 1. The van der Waals surface area contributed by atoms with E-state index in [0.29, 0.717) is 32.1 Å². The number of guanidine groups is 1. The van der Waals surface area contributed by atoms with E-state index in [4.69, 9.17) is 0 Å². The summed E-state index contributed by atoms with van der Waals surface area (Å²) >= 11 is 0. The van der Waals surface area contributed by atoms with E-state index in [1.165, 1.54) is 9.87 Å². The van der Waals surface area contributed by atoms with Crippen LogP contribution in [-0.4, -0.2) is 39.8 Å². The summed E-state index contributed by atoms with van der Waals surface area (Å²) in [4.78, 5) is 4.55. The molecule has 0 amide bonds. The lowest BCUT2D eigenvalue weighted by molar-refractivity contribution is 0.591. The largest absolute Gasteiger partial charge is 0.357 e. The van der Waals surface area contributed by atoms with Gasteiger partial charge in [-0.05, 0) is 37.5 Å². The van der Waals surface area contributed by atoms with E-state index in [2.05, 4.69) is 46.8 Å². The molecular weight excluding hydrogens is 499 g/mol. The summed E-state index contributed by atoms with van der Waals surface area (Å²) in [5.41, 5.74) is 4.23. The Hall–Kier alpha value is -1.81. The molecule has 158 valence electrons. The minimum Gasteiger partial charge on any atom is -0.357 e. The molecule has 1 aliphatic heterocycles. The molecule has 1 aliphatic rings. The number of fused-ring (bicyclic) bond motifs is 1. The maximum Gasteiger partial charge on any atom is 0.236 e. The Morgan fingerprint density at radius 1 is 1.10 bits per heavy atom. The van der Waals surface area contributed by atoms with Crippen LogP contribution in [0.3, 0.4) is 0 Å². The zero-order valence-corrected chi connectivity index (χ0v) is 20.0. The highest BCUT2D eigenvalue weighted by Crippen LogP contribution is 2.29. The van der Waals surface area contributed by atoms with Gasteiger partial charge in [0.25, 0.3) is 0 Å². The maximum atomic E-state index is 12.8. The summed E-state index contributed by atoms with van der Waals surface area (Å²) < 4.78 is 27.1. The molecule has 0 unspecified atom stereocenters. The first-order chi connectivity index (χ1) is 13.5. The zero-order chi connectivity index (χ0) is 20.0. The molecule has 0 spiro atoms. The van der Waals surface area contributed by atoms with E-state index in [1.807, 2.05) is 31.2 Å². The maximum absolute atomic E-state index is 12.8. The second kappa shape index (κ2) is 10.8. The summed E-state index contributed by atoms with van der Waals surface area (Å²) in [6, 6.07) is 15.9. The highest BCUT2D eigenvalue weighted by atomic mass is 127. The van der Waals surface area contributed by atoms with E-state index < -0.39 is 10.0 Å². The van der Waals surface area contributed by atoms with Crippen molar-refractivity contribution < 1.29 is 8.42 Å². The molecule has 2 aromatic rings. The van der Waals surface area contributed by atoms with Gasteiger partial charge in [-0.15, -0.1) is 24.0 Å². The molecule has 0 saturated carbocycles. The van der Waals surface area contributed by atoms with Gasteiger partial charge in [-0.1, -0.05) is 48.0 Å². The van der Waals surface area contributed by atoms with Crippen molar-refractivity contribution in [2.24, 2.45) is 4.99 Å². The number of nitrogens with one attached hydrogen (secondary N) is 2. The van der Waals surface area contributed by atoms with Crippen LogP contribution in [0.2, 0.25) is 0 Å². The number of nitrogens with zero attached hydrogens (tertiary/aromatic N) is 2. The van der Waals surface area contributed by atoms with Gasteiger partial charge < -0.3 is 10.6 Å². The molecule has 2 aromatic carbocycles. The smallest absolute Gasteiger partial charge is 0.236 e. The second-order valence-electron chi connectivity index (χ2n) is 6.87. The molecule has 6 nitrogen and oxygen atoms in total. The standard InChI is InChI=1S/C21H28N4O2S.HI/c1-3-22-21(24-16-18-10-8-17(2)9-11-18)23-13-15-28(26,27)25-14-12-19-6-4-5-7-20(19)25;/h4-11H,3,12-16H2,1-2H3,(H2,22,23,24);1H. The lowest BCUT2D eigenvalue weighted by Gasteiger charge is -2.20. The summed E-state index contributed by atoms with van der Waals surface area (Å²) in [6.45, 7) is 6.12. The monoisotopic (exact) mass is 528 g/mol. The third kappa shape index (κ3) is 6.33. The summed E-state index contributed by atoms with van der Waals surface area (Å²) in [5.74, 6) is 0.649. The van der Waals surface area contributed by atoms with Crippen molar-refractivity contribution in [2.75, 3.05) is 29.7 Å². The van der Waals surface area contributed by atoms with E-state index in [1.54, 1.807) is 0 Å². The molecule has 0 aromatic heterocycles. The van der Waals surface area contributed by atoms with Crippen molar-refractivity contribution in [1.82, 2.24) is 10.6 Å². The summed E-state index contributed by atoms with van der Waals surface area (Å²) in [5, 5.41) is 6.31. The first-order valence-corrected chi connectivity index (χ1v) is 11.3. The van der Waals surface area contributed by atoms with Crippen LogP contribution in [0.25, 0.3) is 0 Å². The fourth-order valence-electron chi connectivity index (χ4n) is 3.21. The summed E-state index contributed by atoms with van der Waals surface area (Å²) in [6.07, 6.45) is 0.767. The Morgan fingerprint density at radius 3 is 2.55 bits per heavy atom. The molecule has 1 heterocycles. The van der Waals surface area contributed by atoms with Gasteiger partial charge in [-0.2, -0.15) is 0 Å². The van der Waals surface area contributed by atoms with Gasteiger partial charge in [0.05, 0.1) is 18.0 Å². The van der Waals surface area contributed by atoms with Crippen molar-refractivity contribution in [3.8, 4) is 0 Å². The average molecular weight is 528 g/mol. The molecule has 0 fully saturated rings. The molecular formula is C21H29IN4O2S. The number of anilines is 1. The second-order valence-corrected chi connectivity index (χ2v) is 8.89. The first kappa shape index (κ1) is 23.5. The highest BCUT2D eigenvalue weighted by molar-refractivity contribution is 14.0.